The molecule has 1 amide bonds. The van der Waals surface area contributed by atoms with Crippen molar-refractivity contribution in [3.05, 3.63) is 0 Å². The molecule has 2 aliphatic rings. The van der Waals surface area contributed by atoms with Crippen molar-refractivity contribution in [1.82, 2.24) is 4.90 Å². The molecule has 2 rings (SSSR count). The highest BCUT2D eigenvalue weighted by atomic mass is 32.1. The van der Waals surface area contributed by atoms with Crippen LogP contribution < -0.4 is 5.73 Å². The van der Waals surface area contributed by atoms with Crippen LogP contribution in [-0.2, 0) is 4.79 Å². The number of thiocarbonyl (C=S) groups is 1. The first-order chi connectivity index (χ1) is 9.16. The van der Waals surface area contributed by atoms with E-state index < -0.39 is 0 Å². The summed E-state index contributed by atoms with van der Waals surface area (Å²) in [6, 6.07) is 0. The van der Waals surface area contributed by atoms with Gasteiger partial charge in [-0.2, -0.15) is 0 Å². The van der Waals surface area contributed by atoms with Gasteiger partial charge in [-0.1, -0.05) is 37.9 Å². The fraction of sp³-hybridized carbons (Fsp3) is 0.867. The van der Waals surface area contributed by atoms with Crippen LogP contribution >= 0.6 is 12.2 Å². The Bertz CT molecular complexity index is 316. The van der Waals surface area contributed by atoms with E-state index in [0.29, 0.717) is 22.7 Å². The fourth-order valence-corrected chi connectivity index (χ4v) is 3.59. The van der Waals surface area contributed by atoms with E-state index in [9.17, 15) is 4.79 Å². The van der Waals surface area contributed by atoms with Crippen LogP contribution in [0.15, 0.2) is 0 Å². The lowest BCUT2D eigenvalue weighted by Gasteiger charge is -2.32. The van der Waals surface area contributed by atoms with Gasteiger partial charge in [-0.05, 0) is 31.6 Å². The molecule has 0 atom stereocenters. The number of carbonyl (C=O) groups is 1. The lowest BCUT2D eigenvalue weighted by atomic mass is 9.93. The van der Waals surface area contributed by atoms with Gasteiger partial charge in [-0.15, -0.1) is 0 Å². The number of carbonyl (C=O) groups excluding carboxylic acids is 1. The Labute approximate surface area is 121 Å². The second-order valence-electron chi connectivity index (χ2n) is 6.12. The van der Waals surface area contributed by atoms with Gasteiger partial charge in [0.05, 0.1) is 4.99 Å². The van der Waals surface area contributed by atoms with Crippen LogP contribution in [-0.4, -0.2) is 28.9 Å². The molecule has 0 unspecified atom stereocenters. The third-order valence-electron chi connectivity index (χ3n) is 4.69. The van der Waals surface area contributed by atoms with E-state index in [-0.39, 0.29) is 0 Å². The van der Waals surface area contributed by atoms with Gasteiger partial charge < -0.3 is 10.6 Å². The number of nitrogens with zero attached hydrogens (tertiary/aromatic N) is 1. The molecule has 3 nitrogen and oxygen atoms in total. The Balaban J connectivity index is 1.76. The normalized spacial score (nSPS) is 23.1. The number of likely N-dealkylation sites (tertiary alicyclic amines) is 1. The summed E-state index contributed by atoms with van der Waals surface area (Å²) in [6.45, 7) is 1.68. The molecule has 19 heavy (non-hydrogen) atoms. The summed E-state index contributed by atoms with van der Waals surface area (Å²) >= 11 is 5.04. The Kier molecular flexibility index (Phi) is 5.61. The number of amides is 1. The predicted molar refractivity (Wildman–Crippen MR) is 81.9 cm³/mol. The summed E-state index contributed by atoms with van der Waals surface area (Å²) in [4.78, 5) is 15.0. The molecule has 1 aliphatic carbocycles. The highest BCUT2D eigenvalue weighted by molar-refractivity contribution is 7.80. The van der Waals surface area contributed by atoms with E-state index in [1.807, 2.05) is 4.90 Å². The maximum absolute atomic E-state index is 12.3. The molecule has 0 aromatic rings. The smallest absolute Gasteiger partial charge is 0.222 e. The van der Waals surface area contributed by atoms with E-state index >= 15 is 0 Å². The highest BCUT2D eigenvalue weighted by Gasteiger charge is 2.26. The number of hydrogen-bond acceptors (Lipinski definition) is 2. The van der Waals surface area contributed by atoms with Crippen LogP contribution in [0, 0.1) is 11.8 Å². The molecule has 4 heteroatoms. The molecule has 0 aromatic heterocycles. The molecule has 1 aliphatic heterocycles. The number of piperidine rings is 1. The minimum Gasteiger partial charge on any atom is -0.393 e. The molecule has 2 fully saturated rings. The largest absolute Gasteiger partial charge is 0.393 e. The lowest BCUT2D eigenvalue weighted by molar-refractivity contribution is -0.133. The molecule has 0 bridgehead atoms. The Morgan fingerprint density at radius 3 is 2.16 bits per heavy atom. The Morgan fingerprint density at radius 1 is 1.05 bits per heavy atom. The number of nitrogens with two attached hydrogens (primary N) is 1. The molecule has 2 N–H and O–H groups in total. The summed E-state index contributed by atoms with van der Waals surface area (Å²) in [5.41, 5.74) is 5.68. The monoisotopic (exact) mass is 282 g/mol. The van der Waals surface area contributed by atoms with E-state index in [1.165, 1.54) is 38.5 Å². The fourth-order valence-electron chi connectivity index (χ4n) is 3.36. The zero-order valence-corrected chi connectivity index (χ0v) is 12.6. The van der Waals surface area contributed by atoms with Crippen LogP contribution in [0.2, 0.25) is 0 Å². The lowest BCUT2D eigenvalue weighted by Crippen LogP contribution is -2.41. The second-order valence-corrected chi connectivity index (χ2v) is 6.59. The van der Waals surface area contributed by atoms with Crippen LogP contribution in [0.4, 0.5) is 0 Å². The van der Waals surface area contributed by atoms with E-state index in [1.54, 1.807) is 0 Å². The van der Waals surface area contributed by atoms with E-state index in [4.69, 9.17) is 18.0 Å². The van der Waals surface area contributed by atoms with E-state index in [0.717, 1.165) is 32.4 Å². The van der Waals surface area contributed by atoms with Gasteiger partial charge >= 0.3 is 0 Å². The SMILES string of the molecule is NC(=S)C1CCN(C(=O)CC2CCCCCC2)CC1. The molecule has 1 saturated carbocycles. The summed E-state index contributed by atoms with van der Waals surface area (Å²) in [5, 5.41) is 0. The molecule has 1 heterocycles. The van der Waals surface area contributed by atoms with Gasteiger partial charge in [0.2, 0.25) is 5.91 Å². The zero-order chi connectivity index (χ0) is 13.7. The van der Waals surface area contributed by atoms with E-state index in [2.05, 4.69) is 0 Å². The zero-order valence-electron chi connectivity index (χ0n) is 11.8. The predicted octanol–water partition coefficient (Wildman–Crippen LogP) is 2.87. The van der Waals surface area contributed by atoms with Crippen molar-refractivity contribution < 1.29 is 4.79 Å². The van der Waals surface area contributed by atoms with Crippen molar-refractivity contribution in [2.75, 3.05) is 13.1 Å². The van der Waals surface area contributed by atoms with Crippen molar-refractivity contribution in [3.63, 3.8) is 0 Å². The average molecular weight is 282 g/mol. The van der Waals surface area contributed by atoms with Gasteiger partial charge in [0.15, 0.2) is 0 Å². The standard InChI is InChI=1S/C15H26N2OS/c16-15(19)13-7-9-17(10-8-13)14(18)11-12-5-3-1-2-4-6-12/h12-13H,1-11H2,(H2,16,19). The molecule has 1 saturated heterocycles. The summed E-state index contributed by atoms with van der Waals surface area (Å²) < 4.78 is 0. The van der Waals surface area contributed by atoms with Gasteiger partial charge in [-0.3, -0.25) is 4.79 Å². The van der Waals surface area contributed by atoms with Crippen molar-refractivity contribution in [3.8, 4) is 0 Å². The first-order valence-corrected chi connectivity index (χ1v) is 8.14. The maximum Gasteiger partial charge on any atom is 0.222 e. The molecular formula is C15H26N2OS. The van der Waals surface area contributed by atoms with Crippen molar-refractivity contribution in [1.29, 1.82) is 0 Å². The first-order valence-electron chi connectivity index (χ1n) is 7.74. The third kappa shape index (κ3) is 4.44. The first kappa shape index (κ1) is 14.8. The van der Waals surface area contributed by atoms with Crippen molar-refractivity contribution >= 4 is 23.1 Å². The Hall–Kier alpha value is -0.640. The Morgan fingerprint density at radius 2 is 1.63 bits per heavy atom. The molecular weight excluding hydrogens is 256 g/mol. The summed E-state index contributed by atoms with van der Waals surface area (Å²) in [6.07, 6.45) is 10.5. The number of hydrogen-bond donors (Lipinski definition) is 1. The van der Waals surface area contributed by atoms with Crippen LogP contribution in [0.3, 0.4) is 0 Å². The number of rotatable bonds is 3. The minimum absolute atomic E-state index is 0.344. The van der Waals surface area contributed by atoms with Crippen LogP contribution in [0.1, 0.15) is 57.8 Å². The maximum atomic E-state index is 12.3. The van der Waals surface area contributed by atoms with Crippen LogP contribution in [0.25, 0.3) is 0 Å². The van der Waals surface area contributed by atoms with Gasteiger partial charge in [-0.25, -0.2) is 0 Å². The van der Waals surface area contributed by atoms with Gasteiger partial charge in [0.25, 0.3) is 0 Å². The quantitative estimate of drug-likeness (QED) is 0.639. The van der Waals surface area contributed by atoms with Gasteiger partial charge in [0, 0.05) is 25.4 Å². The molecule has 108 valence electrons. The summed E-state index contributed by atoms with van der Waals surface area (Å²) in [5.74, 6) is 1.33. The van der Waals surface area contributed by atoms with Gasteiger partial charge in [0.1, 0.15) is 0 Å². The summed E-state index contributed by atoms with van der Waals surface area (Å²) in [7, 11) is 0. The highest BCUT2D eigenvalue weighted by Crippen LogP contribution is 2.27. The minimum atomic E-state index is 0.344. The van der Waals surface area contributed by atoms with Crippen LogP contribution in [0.5, 0.6) is 0 Å². The molecule has 0 aromatic carbocycles. The topological polar surface area (TPSA) is 46.3 Å². The average Bonchev–Trinajstić information content (AvgIpc) is 2.67. The molecule has 0 radical (unpaired) electrons. The van der Waals surface area contributed by atoms with Crippen molar-refractivity contribution in [2.45, 2.75) is 57.8 Å². The molecule has 0 spiro atoms. The van der Waals surface area contributed by atoms with Crippen molar-refractivity contribution in [2.24, 2.45) is 17.6 Å². The second kappa shape index (κ2) is 7.22. The third-order valence-corrected chi connectivity index (χ3v) is 5.02.